The number of fused-ring (bicyclic) bond motifs is 1. The molecule has 1 atom stereocenters. The van der Waals surface area contributed by atoms with E-state index in [1.54, 1.807) is 22.8 Å². The van der Waals surface area contributed by atoms with Crippen molar-refractivity contribution in [3.63, 3.8) is 0 Å². The standard InChI is InChI=1S/C24H23ClN2O3S2/c1-3-17-8-10-18(11-9-17)16(2)26-32(29,30)20-12-13-22-23(14-20)31-24(28)27(22)15-19-6-4-5-7-21(19)25/h4-14,16,26H,3,15H2,1-2H3. The van der Waals surface area contributed by atoms with Gasteiger partial charge in [-0.25, -0.2) is 13.1 Å². The van der Waals surface area contributed by atoms with Crippen molar-refractivity contribution in [1.82, 2.24) is 9.29 Å². The molecule has 4 aromatic rings. The molecule has 0 fully saturated rings. The molecule has 1 aromatic heterocycles. The molecular weight excluding hydrogens is 464 g/mol. The predicted molar refractivity (Wildman–Crippen MR) is 131 cm³/mol. The number of halogens is 1. The van der Waals surface area contributed by atoms with Gasteiger partial charge in [0.2, 0.25) is 10.0 Å². The molecule has 1 N–H and O–H groups in total. The third-order valence-electron chi connectivity index (χ3n) is 5.46. The van der Waals surface area contributed by atoms with Gasteiger partial charge < -0.3 is 0 Å². The molecule has 0 saturated carbocycles. The first-order chi connectivity index (χ1) is 15.3. The van der Waals surface area contributed by atoms with Gasteiger partial charge in [-0.15, -0.1) is 0 Å². The lowest BCUT2D eigenvalue weighted by Crippen LogP contribution is -2.26. The van der Waals surface area contributed by atoms with Crippen LogP contribution in [0.25, 0.3) is 10.2 Å². The molecule has 166 valence electrons. The highest BCUT2D eigenvalue weighted by Gasteiger charge is 2.20. The Balaban J connectivity index is 1.61. The molecule has 0 spiro atoms. The molecular formula is C24H23ClN2O3S2. The molecule has 0 aliphatic carbocycles. The van der Waals surface area contributed by atoms with E-state index in [9.17, 15) is 13.2 Å². The summed E-state index contributed by atoms with van der Waals surface area (Å²) < 4.78 is 31.0. The summed E-state index contributed by atoms with van der Waals surface area (Å²) >= 11 is 7.27. The first kappa shape index (κ1) is 22.7. The van der Waals surface area contributed by atoms with Crippen LogP contribution in [-0.2, 0) is 23.0 Å². The zero-order valence-corrected chi connectivity index (χ0v) is 20.1. The normalized spacial score (nSPS) is 12.8. The fourth-order valence-corrected chi connectivity index (χ4v) is 6.03. The third-order valence-corrected chi connectivity index (χ3v) is 8.31. The summed E-state index contributed by atoms with van der Waals surface area (Å²) in [5.41, 5.74) is 3.60. The van der Waals surface area contributed by atoms with Crippen LogP contribution in [0.3, 0.4) is 0 Å². The van der Waals surface area contributed by atoms with Crippen LogP contribution in [0.2, 0.25) is 5.02 Å². The molecule has 3 aromatic carbocycles. The zero-order valence-electron chi connectivity index (χ0n) is 17.7. The maximum absolute atomic E-state index is 13.0. The highest BCUT2D eigenvalue weighted by atomic mass is 35.5. The van der Waals surface area contributed by atoms with Gasteiger partial charge in [-0.2, -0.15) is 0 Å². The number of benzene rings is 3. The van der Waals surface area contributed by atoms with Crippen molar-refractivity contribution in [3.8, 4) is 0 Å². The summed E-state index contributed by atoms with van der Waals surface area (Å²) in [6.45, 7) is 4.22. The molecule has 0 bridgehead atoms. The summed E-state index contributed by atoms with van der Waals surface area (Å²) in [4.78, 5) is 12.6. The van der Waals surface area contributed by atoms with Gasteiger partial charge >= 0.3 is 4.87 Å². The summed E-state index contributed by atoms with van der Waals surface area (Å²) in [6.07, 6.45) is 0.930. The van der Waals surface area contributed by atoms with Crippen LogP contribution >= 0.6 is 22.9 Å². The number of aryl methyl sites for hydroxylation is 1. The molecule has 8 heteroatoms. The van der Waals surface area contributed by atoms with Crippen molar-refractivity contribution >= 4 is 43.2 Å². The van der Waals surface area contributed by atoms with Crippen LogP contribution < -0.4 is 9.60 Å². The van der Waals surface area contributed by atoms with Crippen molar-refractivity contribution in [3.05, 3.63) is 98.1 Å². The van der Waals surface area contributed by atoms with Gasteiger partial charge in [0.25, 0.3) is 0 Å². The molecule has 1 heterocycles. The van der Waals surface area contributed by atoms with E-state index < -0.39 is 10.0 Å². The molecule has 1 unspecified atom stereocenters. The molecule has 0 amide bonds. The lowest BCUT2D eigenvalue weighted by Gasteiger charge is -2.15. The first-order valence-electron chi connectivity index (χ1n) is 10.3. The highest BCUT2D eigenvalue weighted by Crippen LogP contribution is 2.25. The number of rotatable bonds is 7. The van der Waals surface area contributed by atoms with E-state index in [1.807, 2.05) is 49.4 Å². The van der Waals surface area contributed by atoms with E-state index in [-0.39, 0.29) is 15.8 Å². The quantitative estimate of drug-likeness (QED) is 0.382. The SMILES string of the molecule is CCc1ccc(C(C)NS(=O)(=O)c2ccc3c(c2)sc(=O)n3Cc2ccccc2Cl)cc1. The molecule has 0 aliphatic rings. The summed E-state index contributed by atoms with van der Waals surface area (Å²) in [5, 5.41) is 0.586. The van der Waals surface area contributed by atoms with Crippen molar-refractivity contribution in [2.24, 2.45) is 0 Å². The van der Waals surface area contributed by atoms with Gasteiger partial charge in [0.15, 0.2) is 0 Å². The maximum Gasteiger partial charge on any atom is 0.308 e. The van der Waals surface area contributed by atoms with Crippen molar-refractivity contribution < 1.29 is 8.42 Å². The van der Waals surface area contributed by atoms with Crippen LogP contribution in [0.1, 0.15) is 36.6 Å². The average Bonchev–Trinajstić information content (AvgIpc) is 3.09. The molecule has 4 rings (SSSR count). The van der Waals surface area contributed by atoms with E-state index in [4.69, 9.17) is 11.6 Å². The number of sulfonamides is 1. The number of hydrogen-bond acceptors (Lipinski definition) is 4. The summed E-state index contributed by atoms with van der Waals surface area (Å²) in [7, 11) is -3.76. The predicted octanol–water partition coefficient (Wildman–Crippen LogP) is 5.37. The minimum Gasteiger partial charge on any atom is -0.294 e. The Morgan fingerprint density at radius 2 is 1.78 bits per heavy atom. The zero-order chi connectivity index (χ0) is 22.9. The van der Waals surface area contributed by atoms with E-state index in [0.29, 0.717) is 21.8 Å². The van der Waals surface area contributed by atoms with E-state index in [2.05, 4.69) is 11.6 Å². The number of nitrogens with one attached hydrogen (secondary N) is 1. The van der Waals surface area contributed by atoms with Crippen LogP contribution in [0.15, 0.2) is 76.4 Å². The smallest absolute Gasteiger partial charge is 0.294 e. The van der Waals surface area contributed by atoms with E-state index in [1.165, 1.54) is 11.6 Å². The Morgan fingerprint density at radius 1 is 1.06 bits per heavy atom. The lowest BCUT2D eigenvalue weighted by atomic mass is 10.1. The van der Waals surface area contributed by atoms with Crippen molar-refractivity contribution in [2.45, 2.75) is 37.8 Å². The Morgan fingerprint density at radius 3 is 2.47 bits per heavy atom. The minimum atomic E-state index is -3.76. The van der Waals surface area contributed by atoms with Crippen LogP contribution in [0, 0.1) is 0 Å². The molecule has 5 nitrogen and oxygen atoms in total. The Labute approximate surface area is 196 Å². The average molecular weight is 487 g/mol. The van der Waals surface area contributed by atoms with Gasteiger partial charge in [-0.05, 0) is 54.3 Å². The number of thiazole rings is 1. The van der Waals surface area contributed by atoms with Gasteiger partial charge in [-0.3, -0.25) is 9.36 Å². The number of nitrogens with zero attached hydrogens (tertiary/aromatic N) is 1. The second-order valence-electron chi connectivity index (χ2n) is 7.61. The van der Waals surface area contributed by atoms with E-state index in [0.717, 1.165) is 28.9 Å². The first-order valence-corrected chi connectivity index (χ1v) is 12.9. The van der Waals surface area contributed by atoms with Gasteiger partial charge in [0.1, 0.15) is 0 Å². The van der Waals surface area contributed by atoms with Crippen LogP contribution in [-0.4, -0.2) is 13.0 Å². The van der Waals surface area contributed by atoms with Crippen molar-refractivity contribution in [1.29, 1.82) is 0 Å². The Hall–Kier alpha value is -2.45. The maximum atomic E-state index is 13.0. The summed E-state index contributed by atoms with van der Waals surface area (Å²) in [6, 6.07) is 19.6. The van der Waals surface area contributed by atoms with Gasteiger partial charge in [-0.1, -0.05) is 72.3 Å². The minimum absolute atomic E-state index is 0.133. The van der Waals surface area contributed by atoms with Crippen LogP contribution in [0.5, 0.6) is 0 Å². The highest BCUT2D eigenvalue weighted by molar-refractivity contribution is 7.89. The molecule has 0 saturated heterocycles. The molecule has 32 heavy (non-hydrogen) atoms. The Bertz CT molecular complexity index is 1420. The second kappa shape index (κ2) is 9.19. The number of hydrogen-bond donors (Lipinski definition) is 1. The fourth-order valence-electron chi connectivity index (χ4n) is 3.57. The Kier molecular flexibility index (Phi) is 6.53. The summed E-state index contributed by atoms with van der Waals surface area (Å²) in [5.74, 6) is 0. The third kappa shape index (κ3) is 4.66. The fraction of sp³-hybridized carbons (Fsp3) is 0.208. The van der Waals surface area contributed by atoms with Gasteiger partial charge in [0, 0.05) is 11.1 Å². The van der Waals surface area contributed by atoms with Crippen LogP contribution in [0.4, 0.5) is 0 Å². The van der Waals surface area contributed by atoms with E-state index >= 15 is 0 Å². The molecule has 0 aliphatic heterocycles. The van der Waals surface area contributed by atoms with Gasteiger partial charge in [0.05, 0.1) is 21.7 Å². The monoisotopic (exact) mass is 486 g/mol. The molecule has 0 radical (unpaired) electrons. The van der Waals surface area contributed by atoms with Crippen molar-refractivity contribution in [2.75, 3.05) is 0 Å². The largest absolute Gasteiger partial charge is 0.308 e. The number of aromatic nitrogens is 1. The topological polar surface area (TPSA) is 68.2 Å². The second-order valence-corrected chi connectivity index (χ2v) is 10.7. The lowest BCUT2D eigenvalue weighted by molar-refractivity contribution is 0.567.